The Morgan fingerprint density at radius 1 is 1.10 bits per heavy atom. The first-order valence-corrected chi connectivity index (χ1v) is 12.9. The first kappa shape index (κ1) is 27.8. The zero-order chi connectivity index (χ0) is 29.1. The number of nitrogens with one attached hydrogen (secondary N) is 2. The summed E-state index contributed by atoms with van der Waals surface area (Å²) in [5, 5.41) is 5.58. The summed E-state index contributed by atoms with van der Waals surface area (Å²) in [6.07, 6.45) is -1.34. The first-order chi connectivity index (χ1) is 19.7. The average Bonchev–Trinajstić information content (AvgIpc) is 3.60. The fourth-order valence-electron chi connectivity index (χ4n) is 5.09. The van der Waals surface area contributed by atoms with Crippen molar-refractivity contribution in [2.45, 2.75) is 31.2 Å². The molecule has 5 rings (SSSR count). The number of halogens is 3. The van der Waals surface area contributed by atoms with Gasteiger partial charge in [0.25, 0.3) is 5.91 Å². The molecule has 0 bridgehead atoms. The molecule has 2 aromatic carbocycles. The number of carbonyl (C=O) groups is 3. The number of amides is 4. The molecule has 2 aliphatic rings. The standard InChI is InChI=1S/C30H27F3N4O4/c1-2-14-36-24-18-37(23(16-19-7-4-3-5-8-19)27(38)34-17-22-9-6-15-41-22)28(39)25(24)26(35-29(36)40)20-10-12-21(13-11-20)30(31,32)33/h2-13,15,23,26H,1,14,16-18H2,(H,34,38)(H,35,40)/t23-,26-/m0/s1. The Bertz CT molecular complexity index is 1470. The Labute approximate surface area is 234 Å². The van der Waals surface area contributed by atoms with E-state index in [9.17, 15) is 27.6 Å². The lowest BCUT2D eigenvalue weighted by molar-refractivity contribution is -0.137. The van der Waals surface area contributed by atoms with Crippen LogP contribution in [0, 0.1) is 0 Å². The van der Waals surface area contributed by atoms with Crippen molar-refractivity contribution in [3.63, 3.8) is 0 Å². The maximum atomic E-state index is 14.1. The van der Waals surface area contributed by atoms with Crippen LogP contribution in [0.25, 0.3) is 0 Å². The minimum atomic E-state index is -4.53. The SMILES string of the molecule is C=CCN1C(=O)N[C@@H](c2ccc(C(F)(F)F)cc2)C2=C1CN([C@@H](Cc1ccccc1)C(=O)NCc1ccco1)C2=O. The van der Waals surface area contributed by atoms with Crippen molar-refractivity contribution in [1.82, 2.24) is 20.4 Å². The molecule has 0 fully saturated rings. The van der Waals surface area contributed by atoms with Crippen LogP contribution in [-0.2, 0) is 28.7 Å². The topological polar surface area (TPSA) is 94.9 Å². The average molecular weight is 565 g/mol. The molecule has 0 aliphatic carbocycles. The second-order valence-corrected chi connectivity index (χ2v) is 9.70. The molecule has 0 saturated carbocycles. The van der Waals surface area contributed by atoms with Crippen LogP contribution in [0.5, 0.6) is 0 Å². The normalized spacial score (nSPS) is 17.8. The van der Waals surface area contributed by atoms with Gasteiger partial charge in [-0.1, -0.05) is 48.5 Å². The number of carbonyl (C=O) groups excluding carboxylic acids is 3. The number of benzene rings is 2. The molecule has 3 aromatic rings. The van der Waals surface area contributed by atoms with Crippen LogP contribution in [0.4, 0.5) is 18.0 Å². The summed E-state index contributed by atoms with van der Waals surface area (Å²) >= 11 is 0. The van der Waals surface area contributed by atoms with Gasteiger partial charge in [-0.3, -0.25) is 14.5 Å². The number of alkyl halides is 3. The third kappa shape index (κ3) is 5.74. The summed E-state index contributed by atoms with van der Waals surface area (Å²) in [6, 6.07) is 14.5. The predicted octanol–water partition coefficient (Wildman–Crippen LogP) is 4.57. The number of hydrogen-bond acceptors (Lipinski definition) is 4. The van der Waals surface area contributed by atoms with E-state index in [4.69, 9.17) is 4.42 Å². The van der Waals surface area contributed by atoms with Crippen molar-refractivity contribution in [3.05, 3.63) is 119 Å². The third-order valence-electron chi connectivity index (χ3n) is 7.10. The fraction of sp³-hybridized carbons (Fsp3) is 0.233. The van der Waals surface area contributed by atoms with Crippen LogP contribution in [-0.4, -0.2) is 46.8 Å². The summed E-state index contributed by atoms with van der Waals surface area (Å²) in [6.45, 7) is 3.86. The smallest absolute Gasteiger partial charge is 0.416 e. The molecular weight excluding hydrogens is 537 g/mol. The zero-order valence-electron chi connectivity index (χ0n) is 21.9. The van der Waals surface area contributed by atoms with Gasteiger partial charge >= 0.3 is 12.2 Å². The van der Waals surface area contributed by atoms with Crippen molar-refractivity contribution in [3.8, 4) is 0 Å². The van der Waals surface area contributed by atoms with E-state index in [-0.39, 0.29) is 31.6 Å². The minimum absolute atomic E-state index is 0.0434. The van der Waals surface area contributed by atoms with E-state index in [1.165, 1.54) is 34.3 Å². The maximum Gasteiger partial charge on any atom is 0.416 e. The Hall–Kier alpha value is -4.80. The Balaban J connectivity index is 1.49. The van der Waals surface area contributed by atoms with E-state index in [1.807, 2.05) is 30.3 Å². The van der Waals surface area contributed by atoms with Gasteiger partial charge in [-0.15, -0.1) is 6.58 Å². The van der Waals surface area contributed by atoms with E-state index < -0.39 is 41.7 Å². The van der Waals surface area contributed by atoms with Crippen LogP contribution < -0.4 is 10.6 Å². The van der Waals surface area contributed by atoms with Gasteiger partial charge in [-0.2, -0.15) is 13.2 Å². The summed E-state index contributed by atoms with van der Waals surface area (Å²) in [5.41, 5.74) is 0.860. The summed E-state index contributed by atoms with van der Waals surface area (Å²) in [7, 11) is 0. The molecule has 3 heterocycles. The Morgan fingerprint density at radius 3 is 2.46 bits per heavy atom. The minimum Gasteiger partial charge on any atom is -0.467 e. The molecule has 0 spiro atoms. The fourth-order valence-corrected chi connectivity index (χ4v) is 5.09. The van der Waals surface area contributed by atoms with E-state index in [2.05, 4.69) is 17.2 Å². The summed E-state index contributed by atoms with van der Waals surface area (Å²) in [4.78, 5) is 43.5. The van der Waals surface area contributed by atoms with Crippen molar-refractivity contribution in [2.75, 3.05) is 13.1 Å². The number of urea groups is 1. The first-order valence-electron chi connectivity index (χ1n) is 12.9. The van der Waals surface area contributed by atoms with Gasteiger partial charge in [-0.25, -0.2) is 4.79 Å². The highest BCUT2D eigenvalue weighted by Gasteiger charge is 2.47. The van der Waals surface area contributed by atoms with Gasteiger partial charge in [-0.05, 0) is 35.4 Å². The van der Waals surface area contributed by atoms with Crippen molar-refractivity contribution >= 4 is 17.8 Å². The summed E-state index contributed by atoms with van der Waals surface area (Å²) in [5.74, 6) is -0.372. The zero-order valence-corrected chi connectivity index (χ0v) is 21.9. The summed E-state index contributed by atoms with van der Waals surface area (Å²) < 4.78 is 44.9. The maximum absolute atomic E-state index is 14.1. The Kier molecular flexibility index (Phi) is 7.69. The molecule has 2 atom stereocenters. The lowest BCUT2D eigenvalue weighted by atomic mass is 9.94. The predicted molar refractivity (Wildman–Crippen MR) is 143 cm³/mol. The van der Waals surface area contributed by atoms with Crippen LogP contribution in [0.15, 0.2) is 101 Å². The quantitative estimate of drug-likeness (QED) is 0.372. The largest absolute Gasteiger partial charge is 0.467 e. The molecule has 41 heavy (non-hydrogen) atoms. The van der Waals surface area contributed by atoms with Gasteiger partial charge in [0.1, 0.15) is 11.8 Å². The van der Waals surface area contributed by atoms with Crippen molar-refractivity contribution in [2.24, 2.45) is 0 Å². The monoisotopic (exact) mass is 564 g/mol. The number of nitrogens with zero attached hydrogens (tertiary/aromatic N) is 2. The van der Waals surface area contributed by atoms with E-state index in [0.29, 0.717) is 17.0 Å². The highest BCUT2D eigenvalue weighted by Crippen LogP contribution is 2.38. The second kappa shape index (κ2) is 11.4. The molecule has 1 aromatic heterocycles. The highest BCUT2D eigenvalue weighted by molar-refractivity contribution is 6.03. The van der Waals surface area contributed by atoms with Gasteiger partial charge in [0.05, 0.1) is 42.2 Å². The van der Waals surface area contributed by atoms with Crippen LogP contribution >= 0.6 is 0 Å². The van der Waals surface area contributed by atoms with Crippen molar-refractivity contribution in [1.29, 1.82) is 0 Å². The van der Waals surface area contributed by atoms with Gasteiger partial charge in [0, 0.05) is 13.0 Å². The Morgan fingerprint density at radius 2 is 1.83 bits per heavy atom. The lowest BCUT2D eigenvalue weighted by Gasteiger charge is -2.33. The van der Waals surface area contributed by atoms with Gasteiger partial charge in [0.2, 0.25) is 5.91 Å². The lowest BCUT2D eigenvalue weighted by Crippen LogP contribution is -2.49. The van der Waals surface area contributed by atoms with Crippen LogP contribution in [0.2, 0.25) is 0 Å². The molecule has 0 radical (unpaired) electrons. The number of rotatable bonds is 9. The van der Waals surface area contributed by atoms with E-state index in [0.717, 1.165) is 17.7 Å². The molecule has 4 amide bonds. The molecule has 2 aliphatic heterocycles. The van der Waals surface area contributed by atoms with Gasteiger partial charge in [0.15, 0.2) is 0 Å². The van der Waals surface area contributed by atoms with Gasteiger partial charge < -0.3 is 20.0 Å². The van der Waals surface area contributed by atoms with Crippen LogP contribution in [0.3, 0.4) is 0 Å². The molecule has 212 valence electrons. The molecule has 0 unspecified atom stereocenters. The highest BCUT2D eigenvalue weighted by atomic mass is 19.4. The van der Waals surface area contributed by atoms with E-state index in [1.54, 1.807) is 12.1 Å². The van der Waals surface area contributed by atoms with Crippen LogP contribution in [0.1, 0.15) is 28.5 Å². The van der Waals surface area contributed by atoms with Crippen molar-refractivity contribution < 1.29 is 32.0 Å². The molecular formula is C30H27F3N4O4. The molecule has 0 saturated heterocycles. The number of hydrogen-bond donors (Lipinski definition) is 2. The molecule has 2 N–H and O–H groups in total. The number of furan rings is 1. The third-order valence-corrected chi connectivity index (χ3v) is 7.10. The molecule has 11 heteroatoms. The molecule has 8 nitrogen and oxygen atoms in total. The second-order valence-electron chi connectivity index (χ2n) is 9.70. The van der Waals surface area contributed by atoms with E-state index >= 15 is 0 Å².